The lowest BCUT2D eigenvalue weighted by molar-refractivity contribution is -0.0236. The molecule has 1 aliphatic heterocycles. The molecule has 21 heavy (non-hydrogen) atoms. The van der Waals surface area contributed by atoms with Crippen LogP contribution in [0.15, 0.2) is 18.2 Å². The molecule has 0 amide bonds. The predicted molar refractivity (Wildman–Crippen MR) is 89.4 cm³/mol. The average molecular weight is 331 g/mol. The third kappa shape index (κ3) is 3.91. The number of ether oxygens (including phenoxy) is 1. The molecule has 1 aromatic carbocycles. The molecule has 1 aromatic rings. The van der Waals surface area contributed by atoms with Crippen LogP contribution in [0.2, 0.25) is 10.0 Å². The van der Waals surface area contributed by atoms with Crippen molar-refractivity contribution in [1.82, 2.24) is 10.2 Å². The van der Waals surface area contributed by atoms with Crippen LogP contribution < -0.4 is 5.32 Å². The molecule has 0 aliphatic carbocycles. The summed E-state index contributed by atoms with van der Waals surface area (Å²) < 4.78 is 5.47. The SMILES string of the molecule is CCNC(c1cc(Cl)ccc1Cl)C(C)(C)N1CCOCC1. The number of nitrogens with zero attached hydrogens (tertiary/aromatic N) is 1. The number of likely N-dealkylation sites (N-methyl/N-ethyl adjacent to an activating group) is 1. The average Bonchev–Trinajstić information content (AvgIpc) is 2.48. The van der Waals surface area contributed by atoms with E-state index in [9.17, 15) is 0 Å². The van der Waals surface area contributed by atoms with Crippen molar-refractivity contribution in [3.8, 4) is 0 Å². The van der Waals surface area contributed by atoms with Crippen LogP contribution >= 0.6 is 23.2 Å². The molecular formula is C16H24Cl2N2O. The van der Waals surface area contributed by atoms with E-state index in [0.29, 0.717) is 0 Å². The Morgan fingerprint density at radius 2 is 1.95 bits per heavy atom. The second-order valence-corrected chi connectivity index (χ2v) is 6.75. The van der Waals surface area contributed by atoms with E-state index in [-0.39, 0.29) is 11.6 Å². The van der Waals surface area contributed by atoms with Gasteiger partial charge in [0.1, 0.15) is 0 Å². The third-order valence-electron chi connectivity index (χ3n) is 4.21. The smallest absolute Gasteiger partial charge is 0.0594 e. The van der Waals surface area contributed by atoms with Crippen molar-refractivity contribution in [3.05, 3.63) is 33.8 Å². The molecule has 0 spiro atoms. The van der Waals surface area contributed by atoms with Crippen LogP contribution in [-0.4, -0.2) is 43.3 Å². The molecule has 1 atom stereocenters. The van der Waals surface area contributed by atoms with E-state index in [1.807, 2.05) is 18.2 Å². The van der Waals surface area contributed by atoms with Crippen LogP contribution in [0.5, 0.6) is 0 Å². The van der Waals surface area contributed by atoms with E-state index in [1.165, 1.54) is 0 Å². The number of benzene rings is 1. The van der Waals surface area contributed by atoms with Gasteiger partial charge in [-0.2, -0.15) is 0 Å². The summed E-state index contributed by atoms with van der Waals surface area (Å²) in [6.07, 6.45) is 0. The van der Waals surface area contributed by atoms with Gasteiger partial charge >= 0.3 is 0 Å². The lowest BCUT2D eigenvalue weighted by Gasteiger charge is -2.46. The molecule has 1 fully saturated rings. The van der Waals surface area contributed by atoms with Gasteiger partial charge in [-0.3, -0.25) is 4.90 Å². The predicted octanol–water partition coefficient (Wildman–Crippen LogP) is 3.75. The molecule has 0 saturated carbocycles. The van der Waals surface area contributed by atoms with Crippen molar-refractivity contribution in [2.45, 2.75) is 32.4 Å². The zero-order chi connectivity index (χ0) is 15.5. The Morgan fingerprint density at radius 1 is 1.29 bits per heavy atom. The Hall–Kier alpha value is -0.320. The van der Waals surface area contributed by atoms with E-state index in [4.69, 9.17) is 27.9 Å². The quantitative estimate of drug-likeness (QED) is 0.889. The van der Waals surface area contributed by atoms with Gasteiger partial charge in [-0.25, -0.2) is 0 Å². The minimum Gasteiger partial charge on any atom is -0.379 e. The summed E-state index contributed by atoms with van der Waals surface area (Å²) in [7, 11) is 0. The van der Waals surface area contributed by atoms with Crippen LogP contribution in [0.4, 0.5) is 0 Å². The van der Waals surface area contributed by atoms with Crippen LogP contribution in [0.1, 0.15) is 32.4 Å². The summed E-state index contributed by atoms with van der Waals surface area (Å²) in [6, 6.07) is 5.79. The van der Waals surface area contributed by atoms with Crippen molar-refractivity contribution in [1.29, 1.82) is 0 Å². The lowest BCUT2D eigenvalue weighted by atomic mass is 9.86. The van der Waals surface area contributed by atoms with Crippen molar-refractivity contribution < 1.29 is 4.74 Å². The molecule has 2 rings (SSSR count). The minimum absolute atomic E-state index is 0.0753. The number of nitrogens with one attached hydrogen (secondary N) is 1. The summed E-state index contributed by atoms with van der Waals surface area (Å²) in [5, 5.41) is 5.05. The van der Waals surface area contributed by atoms with E-state index < -0.39 is 0 Å². The third-order valence-corrected chi connectivity index (χ3v) is 4.79. The molecule has 1 aliphatic rings. The molecule has 118 valence electrons. The minimum atomic E-state index is -0.0753. The maximum atomic E-state index is 6.43. The molecule has 0 bridgehead atoms. The first kappa shape index (κ1) is 17.0. The van der Waals surface area contributed by atoms with Crippen molar-refractivity contribution >= 4 is 23.2 Å². The maximum absolute atomic E-state index is 6.43. The fraction of sp³-hybridized carbons (Fsp3) is 0.625. The number of halogens is 2. The lowest BCUT2D eigenvalue weighted by Crippen LogP contribution is -2.56. The molecule has 0 aromatic heterocycles. The van der Waals surface area contributed by atoms with Gasteiger partial charge in [0.2, 0.25) is 0 Å². The molecule has 3 nitrogen and oxygen atoms in total. The number of morpholine rings is 1. The van der Waals surface area contributed by atoms with Crippen molar-refractivity contribution in [3.63, 3.8) is 0 Å². The first-order chi connectivity index (χ1) is 9.96. The van der Waals surface area contributed by atoms with Gasteiger partial charge in [0.05, 0.1) is 19.3 Å². The Balaban J connectivity index is 2.34. The Morgan fingerprint density at radius 3 is 2.57 bits per heavy atom. The summed E-state index contributed by atoms with van der Waals surface area (Å²) in [5.41, 5.74) is 0.983. The van der Waals surface area contributed by atoms with Crippen LogP contribution in [0.3, 0.4) is 0 Å². The van der Waals surface area contributed by atoms with Gasteiger partial charge in [-0.1, -0.05) is 30.1 Å². The van der Waals surface area contributed by atoms with Gasteiger partial charge in [0.25, 0.3) is 0 Å². The molecule has 1 saturated heterocycles. The molecule has 1 heterocycles. The van der Waals surface area contributed by atoms with E-state index >= 15 is 0 Å². The summed E-state index contributed by atoms with van der Waals surface area (Å²) >= 11 is 12.6. The fourth-order valence-corrected chi connectivity index (χ4v) is 3.41. The second kappa shape index (κ2) is 7.30. The van der Waals surface area contributed by atoms with E-state index in [2.05, 4.69) is 31.0 Å². The maximum Gasteiger partial charge on any atom is 0.0594 e. The topological polar surface area (TPSA) is 24.5 Å². The van der Waals surface area contributed by atoms with Crippen molar-refractivity contribution in [2.75, 3.05) is 32.8 Å². The van der Waals surface area contributed by atoms with Crippen molar-refractivity contribution in [2.24, 2.45) is 0 Å². The van der Waals surface area contributed by atoms with Gasteiger partial charge in [0, 0.05) is 28.7 Å². The second-order valence-electron chi connectivity index (χ2n) is 5.91. The van der Waals surface area contributed by atoms with Crippen LogP contribution in [-0.2, 0) is 4.74 Å². The van der Waals surface area contributed by atoms with Crippen LogP contribution in [0, 0.1) is 0 Å². The molecule has 1 unspecified atom stereocenters. The highest BCUT2D eigenvalue weighted by atomic mass is 35.5. The Kier molecular flexibility index (Phi) is 5.92. The zero-order valence-electron chi connectivity index (χ0n) is 13.0. The molecule has 0 radical (unpaired) electrons. The number of hydrogen-bond donors (Lipinski definition) is 1. The zero-order valence-corrected chi connectivity index (χ0v) is 14.5. The van der Waals surface area contributed by atoms with Gasteiger partial charge in [0.15, 0.2) is 0 Å². The Bertz CT molecular complexity index is 473. The summed E-state index contributed by atoms with van der Waals surface area (Å²) in [5.74, 6) is 0. The number of hydrogen-bond acceptors (Lipinski definition) is 3. The van der Waals surface area contributed by atoms with Gasteiger partial charge in [-0.15, -0.1) is 0 Å². The molecule has 5 heteroatoms. The fourth-order valence-electron chi connectivity index (χ4n) is 3.00. The largest absolute Gasteiger partial charge is 0.379 e. The van der Waals surface area contributed by atoms with Gasteiger partial charge < -0.3 is 10.1 Å². The van der Waals surface area contributed by atoms with E-state index in [0.717, 1.165) is 48.5 Å². The highest BCUT2D eigenvalue weighted by Crippen LogP contribution is 2.36. The van der Waals surface area contributed by atoms with Gasteiger partial charge in [-0.05, 0) is 44.2 Å². The van der Waals surface area contributed by atoms with Crippen LogP contribution in [0.25, 0.3) is 0 Å². The summed E-state index contributed by atoms with van der Waals surface area (Å²) in [6.45, 7) is 10.9. The monoisotopic (exact) mass is 330 g/mol. The highest BCUT2D eigenvalue weighted by molar-refractivity contribution is 6.33. The first-order valence-corrected chi connectivity index (χ1v) is 8.23. The molecule has 1 N–H and O–H groups in total. The van der Waals surface area contributed by atoms with E-state index in [1.54, 1.807) is 0 Å². The molecular weight excluding hydrogens is 307 g/mol. The normalized spacial score (nSPS) is 18.7. The number of rotatable bonds is 5. The highest BCUT2D eigenvalue weighted by Gasteiger charge is 2.37. The first-order valence-electron chi connectivity index (χ1n) is 7.48. The standard InChI is InChI=1S/C16H24Cl2N2O/c1-4-19-15(13-11-12(17)5-6-14(13)18)16(2,3)20-7-9-21-10-8-20/h5-6,11,15,19H,4,7-10H2,1-3H3. The Labute approximate surface area is 137 Å². The summed E-state index contributed by atoms with van der Waals surface area (Å²) in [4.78, 5) is 2.46.